The molecule has 5 nitrogen and oxygen atoms in total. The number of rotatable bonds is 7. The van der Waals surface area contributed by atoms with Gasteiger partial charge in [0, 0.05) is 32.2 Å². The van der Waals surface area contributed by atoms with E-state index in [1.165, 1.54) is 11.9 Å². The SMILES string of the molecule is O=C(O)CN(Sc1cc(Cl)cc(Cl)c1)c1ccc2c(ccn2C(=O)Cc2ccccc2)c1. The molecule has 32 heavy (non-hydrogen) atoms. The predicted molar refractivity (Wildman–Crippen MR) is 130 cm³/mol. The van der Waals surface area contributed by atoms with E-state index in [9.17, 15) is 14.7 Å². The lowest BCUT2D eigenvalue weighted by atomic mass is 10.1. The van der Waals surface area contributed by atoms with E-state index in [1.54, 1.807) is 39.3 Å². The van der Waals surface area contributed by atoms with Gasteiger partial charge < -0.3 is 9.41 Å². The molecule has 0 spiro atoms. The second-order valence-corrected chi connectivity index (χ2v) is 9.08. The zero-order valence-electron chi connectivity index (χ0n) is 16.7. The topological polar surface area (TPSA) is 62.5 Å². The van der Waals surface area contributed by atoms with Crippen molar-refractivity contribution in [2.24, 2.45) is 0 Å². The van der Waals surface area contributed by atoms with E-state index in [4.69, 9.17) is 23.2 Å². The Morgan fingerprint density at radius 3 is 2.34 bits per heavy atom. The highest BCUT2D eigenvalue weighted by molar-refractivity contribution is 8.00. The van der Waals surface area contributed by atoms with E-state index < -0.39 is 5.97 Å². The van der Waals surface area contributed by atoms with Crippen LogP contribution >= 0.6 is 35.1 Å². The minimum atomic E-state index is -0.971. The third kappa shape index (κ3) is 5.27. The molecule has 0 atom stereocenters. The van der Waals surface area contributed by atoms with Gasteiger partial charge in [-0.2, -0.15) is 0 Å². The van der Waals surface area contributed by atoms with Gasteiger partial charge in [0.05, 0.1) is 11.9 Å². The maximum Gasteiger partial charge on any atom is 0.324 e. The summed E-state index contributed by atoms with van der Waals surface area (Å²) < 4.78 is 3.27. The Bertz CT molecular complexity index is 1270. The number of fused-ring (bicyclic) bond motifs is 1. The van der Waals surface area contributed by atoms with Crippen molar-refractivity contribution in [3.63, 3.8) is 0 Å². The van der Waals surface area contributed by atoms with Crippen molar-refractivity contribution in [1.29, 1.82) is 0 Å². The molecular formula is C24H18Cl2N2O3S. The highest BCUT2D eigenvalue weighted by Gasteiger charge is 2.16. The van der Waals surface area contributed by atoms with Crippen molar-refractivity contribution in [1.82, 2.24) is 4.57 Å². The molecule has 0 fully saturated rings. The minimum absolute atomic E-state index is 0.0377. The summed E-state index contributed by atoms with van der Waals surface area (Å²) in [6.45, 7) is -0.228. The number of anilines is 1. The highest BCUT2D eigenvalue weighted by Crippen LogP contribution is 2.34. The molecule has 1 heterocycles. The molecule has 0 radical (unpaired) electrons. The molecule has 4 aromatic rings. The lowest BCUT2D eigenvalue weighted by Crippen LogP contribution is -2.22. The fourth-order valence-electron chi connectivity index (χ4n) is 3.37. The van der Waals surface area contributed by atoms with Crippen LogP contribution in [0.15, 0.2) is 83.9 Å². The van der Waals surface area contributed by atoms with Gasteiger partial charge in [0.15, 0.2) is 0 Å². The van der Waals surface area contributed by atoms with E-state index in [0.29, 0.717) is 22.2 Å². The number of benzene rings is 3. The molecule has 0 bridgehead atoms. The number of carboxylic acid groups (broad SMARTS) is 1. The van der Waals surface area contributed by atoms with E-state index in [-0.39, 0.29) is 12.5 Å². The molecular weight excluding hydrogens is 467 g/mol. The summed E-state index contributed by atoms with van der Waals surface area (Å²) in [5.74, 6) is -1.01. The van der Waals surface area contributed by atoms with Crippen molar-refractivity contribution >= 4 is 63.6 Å². The van der Waals surface area contributed by atoms with Crippen LogP contribution in [-0.2, 0) is 11.2 Å². The predicted octanol–water partition coefficient (Wildman–Crippen LogP) is 6.43. The summed E-state index contributed by atoms with van der Waals surface area (Å²) in [4.78, 5) is 25.0. The van der Waals surface area contributed by atoms with Gasteiger partial charge in [-0.25, -0.2) is 0 Å². The molecule has 0 aliphatic carbocycles. The largest absolute Gasteiger partial charge is 0.480 e. The Morgan fingerprint density at radius 2 is 1.66 bits per heavy atom. The number of carbonyl (C=O) groups is 2. The summed E-state index contributed by atoms with van der Waals surface area (Å²) in [5.41, 5.74) is 2.40. The monoisotopic (exact) mass is 484 g/mol. The highest BCUT2D eigenvalue weighted by atomic mass is 35.5. The second kappa shape index (κ2) is 9.69. The number of carboxylic acids is 1. The summed E-state index contributed by atoms with van der Waals surface area (Å²) in [5, 5.41) is 11.2. The summed E-state index contributed by atoms with van der Waals surface area (Å²) in [6.07, 6.45) is 2.04. The summed E-state index contributed by atoms with van der Waals surface area (Å²) in [7, 11) is 0. The lowest BCUT2D eigenvalue weighted by Gasteiger charge is -2.22. The number of halogens is 2. The van der Waals surface area contributed by atoms with Crippen molar-refractivity contribution in [2.75, 3.05) is 10.8 Å². The van der Waals surface area contributed by atoms with Gasteiger partial charge in [0.25, 0.3) is 0 Å². The van der Waals surface area contributed by atoms with Crippen molar-refractivity contribution in [3.8, 4) is 0 Å². The Labute approximate surface area is 199 Å². The molecule has 8 heteroatoms. The first-order chi connectivity index (χ1) is 15.4. The standard InChI is InChI=1S/C24H18Cl2N2O3S/c25-18-12-19(26)14-21(13-18)32-28(15-24(30)31)20-6-7-22-17(11-20)8-9-27(22)23(29)10-16-4-2-1-3-5-16/h1-9,11-14H,10,15H2,(H,30,31). The fourth-order valence-corrected chi connectivity index (χ4v) is 5.03. The van der Waals surface area contributed by atoms with E-state index >= 15 is 0 Å². The number of hydrogen-bond acceptors (Lipinski definition) is 4. The van der Waals surface area contributed by atoms with Crippen LogP contribution in [0.25, 0.3) is 10.9 Å². The van der Waals surface area contributed by atoms with Gasteiger partial charge in [-0.3, -0.25) is 14.2 Å². The van der Waals surface area contributed by atoms with Crippen LogP contribution in [-0.4, -0.2) is 28.1 Å². The van der Waals surface area contributed by atoms with Gasteiger partial charge >= 0.3 is 5.97 Å². The summed E-state index contributed by atoms with van der Waals surface area (Å²) >= 11 is 13.4. The van der Waals surface area contributed by atoms with Crippen LogP contribution in [0.5, 0.6) is 0 Å². The molecule has 0 aliphatic heterocycles. The first-order valence-electron chi connectivity index (χ1n) is 9.71. The maximum atomic E-state index is 12.8. The first kappa shape index (κ1) is 22.3. The minimum Gasteiger partial charge on any atom is -0.480 e. The number of carbonyl (C=O) groups excluding carboxylic acids is 1. The van der Waals surface area contributed by atoms with Crippen LogP contribution in [0.2, 0.25) is 10.0 Å². The average Bonchev–Trinajstić information content (AvgIpc) is 3.16. The third-order valence-electron chi connectivity index (χ3n) is 4.76. The molecule has 162 valence electrons. The van der Waals surface area contributed by atoms with E-state index in [1.807, 2.05) is 48.5 Å². The molecule has 0 amide bonds. The molecule has 0 saturated heterocycles. The molecule has 3 aromatic carbocycles. The van der Waals surface area contributed by atoms with Gasteiger partial charge in [-0.15, -0.1) is 0 Å². The Kier molecular flexibility index (Phi) is 6.74. The van der Waals surface area contributed by atoms with Gasteiger partial charge in [0.2, 0.25) is 5.91 Å². The number of aliphatic carboxylic acids is 1. The van der Waals surface area contributed by atoms with Gasteiger partial charge in [-0.05, 0) is 60.0 Å². The van der Waals surface area contributed by atoms with Crippen LogP contribution in [0.1, 0.15) is 10.4 Å². The molecule has 0 aliphatic rings. The second-order valence-electron chi connectivity index (χ2n) is 7.11. The maximum absolute atomic E-state index is 12.8. The smallest absolute Gasteiger partial charge is 0.324 e. The molecule has 4 rings (SSSR count). The third-order valence-corrected chi connectivity index (χ3v) is 6.20. The van der Waals surface area contributed by atoms with Crippen molar-refractivity contribution in [3.05, 3.63) is 94.6 Å². The van der Waals surface area contributed by atoms with Crippen molar-refractivity contribution in [2.45, 2.75) is 11.3 Å². The summed E-state index contributed by atoms with van der Waals surface area (Å²) in [6, 6.07) is 22.0. The molecule has 0 unspecified atom stereocenters. The Morgan fingerprint density at radius 1 is 0.938 bits per heavy atom. The Hall–Kier alpha value is -2.93. The lowest BCUT2D eigenvalue weighted by molar-refractivity contribution is -0.135. The first-order valence-corrected chi connectivity index (χ1v) is 11.2. The normalized spacial score (nSPS) is 10.9. The fraction of sp³-hybridized carbons (Fsp3) is 0.0833. The zero-order valence-corrected chi connectivity index (χ0v) is 19.1. The Balaban J connectivity index is 1.62. The van der Waals surface area contributed by atoms with E-state index in [0.717, 1.165) is 21.4 Å². The zero-order chi connectivity index (χ0) is 22.7. The quantitative estimate of drug-likeness (QED) is 0.306. The molecule has 0 saturated carbocycles. The molecule has 1 aromatic heterocycles. The number of aromatic nitrogens is 1. The number of hydrogen-bond donors (Lipinski definition) is 1. The van der Waals surface area contributed by atoms with Crippen LogP contribution in [0.3, 0.4) is 0 Å². The van der Waals surface area contributed by atoms with Gasteiger partial charge in [0.1, 0.15) is 6.54 Å². The van der Waals surface area contributed by atoms with Crippen LogP contribution in [0, 0.1) is 0 Å². The number of nitrogens with zero attached hydrogens (tertiary/aromatic N) is 2. The molecule has 1 N–H and O–H groups in total. The van der Waals surface area contributed by atoms with Crippen LogP contribution < -0.4 is 4.31 Å². The van der Waals surface area contributed by atoms with Crippen LogP contribution in [0.4, 0.5) is 5.69 Å². The average molecular weight is 485 g/mol. The van der Waals surface area contributed by atoms with Crippen molar-refractivity contribution < 1.29 is 14.7 Å². The van der Waals surface area contributed by atoms with E-state index in [2.05, 4.69) is 0 Å². The van der Waals surface area contributed by atoms with Gasteiger partial charge in [-0.1, -0.05) is 53.5 Å².